The monoisotopic (exact) mass is 326 g/mol. The van der Waals surface area contributed by atoms with E-state index in [9.17, 15) is 4.79 Å². The summed E-state index contributed by atoms with van der Waals surface area (Å²) in [6, 6.07) is 0. The topological polar surface area (TPSA) is 52.6 Å². The normalized spacial score (nSPS) is 11.5. The molecule has 2 N–H and O–H groups in total. The number of amides is 1. The molecule has 136 valence electrons. The molecule has 23 heavy (non-hydrogen) atoms. The van der Waals surface area contributed by atoms with E-state index in [-0.39, 0.29) is 5.91 Å². The maximum Gasteiger partial charge on any atom is 0.221 e. The van der Waals surface area contributed by atoms with Crippen LogP contribution in [0.3, 0.4) is 0 Å². The number of carbonyl (C=O) groups is 1. The molecule has 0 heterocycles. The van der Waals surface area contributed by atoms with Crippen molar-refractivity contribution in [2.45, 2.75) is 77.6 Å². The number of aliphatic hydroxyl groups excluding tert-OH is 1. The van der Waals surface area contributed by atoms with Crippen LogP contribution in [0.1, 0.15) is 77.6 Å². The third-order valence-electron chi connectivity index (χ3n) is 3.92. The molecular formula is C19H38N2O2. The molecule has 0 aromatic carbocycles. The van der Waals surface area contributed by atoms with Crippen LogP contribution in [0.5, 0.6) is 0 Å². The Morgan fingerprint density at radius 1 is 1.00 bits per heavy atom. The van der Waals surface area contributed by atoms with Crippen LogP contribution in [-0.4, -0.2) is 42.8 Å². The Labute approximate surface area is 143 Å². The first kappa shape index (κ1) is 22.1. The maximum absolute atomic E-state index is 11.7. The number of nitrogens with zero attached hydrogens (tertiary/aromatic N) is 1. The Morgan fingerprint density at radius 3 is 2.30 bits per heavy atom. The first-order chi connectivity index (χ1) is 11.2. The van der Waals surface area contributed by atoms with Gasteiger partial charge in [0.15, 0.2) is 0 Å². The average Bonchev–Trinajstić information content (AvgIpc) is 2.55. The van der Waals surface area contributed by atoms with Gasteiger partial charge in [-0.3, -0.25) is 9.69 Å². The van der Waals surface area contributed by atoms with Gasteiger partial charge in [0.1, 0.15) is 0 Å². The van der Waals surface area contributed by atoms with E-state index in [1.807, 2.05) is 0 Å². The van der Waals surface area contributed by atoms with Crippen molar-refractivity contribution >= 4 is 5.91 Å². The molecule has 0 bridgehead atoms. The van der Waals surface area contributed by atoms with Gasteiger partial charge in [0.05, 0.1) is 6.67 Å². The molecule has 0 aromatic heterocycles. The lowest BCUT2D eigenvalue weighted by Crippen LogP contribution is -2.35. The molecule has 4 nitrogen and oxygen atoms in total. The van der Waals surface area contributed by atoms with Crippen LogP contribution in [0.15, 0.2) is 12.2 Å². The molecule has 0 aliphatic heterocycles. The highest BCUT2D eigenvalue weighted by atomic mass is 16.2. The minimum Gasteiger partial charge on any atom is -0.396 e. The first-order valence-electron chi connectivity index (χ1n) is 9.41. The fourth-order valence-corrected chi connectivity index (χ4v) is 2.43. The zero-order valence-electron chi connectivity index (χ0n) is 15.4. The number of allylic oxidation sites excluding steroid dienone is 2. The molecule has 4 heteroatoms. The van der Waals surface area contributed by atoms with Crippen molar-refractivity contribution < 1.29 is 9.90 Å². The van der Waals surface area contributed by atoms with E-state index >= 15 is 0 Å². The summed E-state index contributed by atoms with van der Waals surface area (Å²) in [4.78, 5) is 13.9. The molecule has 0 aliphatic carbocycles. The summed E-state index contributed by atoms with van der Waals surface area (Å²) in [5, 5.41) is 11.7. The molecule has 0 aliphatic rings. The quantitative estimate of drug-likeness (QED) is 0.257. The molecule has 0 radical (unpaired) electrons. The molecule has 0 atom stereocenters. The van der Waals surface area contributed by atoms with Crippen LogP contribution < -0.4 is 5.32 Å². The number of carbonyl (C=O) groups excluding carboxylic acids is 1. The van der Waals surface area contributed by atoms with Crippen molar-refractivity contribution in [2.75, 3.05) is 26.9 Å². The van der Waals surface area contributed by atoms with Gasteiger partial charge in [0.2, 0.25) is 5.91 Å². The van der Waals surface area contributed by atoms with Gasteiger partial charge in [0.25, 0.3) is 0 Å². The van der Waals surface area contributed by atoms with Crippen molar-refractivity contribution in [1.82, 2.24) is 10.2 Å². The van der Waals surface area contributed by atoms with E-state index in [0.29, 0.717) is 19.7 Å². The van der Waals surface area contributed by atoms with Gasteiger partial charge in [-0.1, -0.05) is 51.2 Å². The fourth-order valence-electron chi connectivity index (χ4n) is 2.43. The Balaban J connectivity index is 3.36. The summed E-state index contributed by atoms with van der Waals surface area (Å²) in [5.41, 5.74) is 0. The van der Waals surface area contributed by atoms with Crippen LogP contribution in [0, 0.1) is 0 Å². The first-order valence-corrected chi connectivity index (χ1v) is 9.41. The van der Waals surface area contributed by atoms with Gasteiger partial charge in [0, 0.05) is 13.0 Å². The molecule has 0 saturated heterocycles. The zero-order valence-corrected chi connectivity index (χ0v) is 15.4. The van der Waals surface area contributed by atoms with Crippen LogP contribution >= 0.6 is 0 Å². The van der Waals surface area contributed by atoms with Crippen LogP contribution in [0.4, 0.5) is 0 Å². The molecule has 0 aromatic rings. The number of aliphatic hydroxyl groups is 1. The summed E-state index contributed by atoms with van der Waals surface area (Å²) < 4.78 is 0. The highest BCUT2D eigenvalue weighted by Crippen LogP contribution is 2.07. The lowest BCUT2D eigenvalue weighted by molar-refractivity contribution is -0.121. The minimum absolute atomic E-state index is 0.158. The highest BCUT2D eigenvalue weighted by Gasteiger charge is 2.02. The van der Waals surface area contributed by atoms with E-state index in [2.05, 4.69) is 36.3 Å². The van der Waals surface area contributed by atoms with Crippen LogP contribution in [-0.2, 0) is 4.79 Å². The molecule has 0 fully saturated rings. The second kappa shape index (κ2) is 17.5. The summed E-state index contributed by atoms with van der Waals surface area (Å²) in [5.74, 6) is 0.158. The van der Waals surface area contributed by atoms with E-state index in [0.717, 1.165) is 38.6 Å². The molecule has 0 saturated carbocycles. The van der Waals surface area contributed by atoms with Gasteiger partial charge >= 0.3 is 0 Å². The van der Waals surface area contributed by atoms with E-state index < -0.39 is 0 Å². The van der Waals surface area contributed by atoms with E-state index in [1.54, 1.807) is 0 Å². The number of hydrogen-bond donors (Lipinski definition) is 2. The maximum atomic E-state index is 11.7. The van der Waals surface area contributed by atoms with Crippen molar-refractivity contribution in [1.29, 1.82) is 0 Å². The second-order valence-corrected chi connectivity index (χ2v) is 6.31. The molecule has 0 spiro atoms. The number of nitrogens with one attached hydrogen (secondary N) is 1. The Kier molecular flexibility index (Phi) is 16.8. The number of hydrogen-bond acceptors (Lipinski definition) is 3. The fraction of sp³-hybridized carbons (Fsp3) is 0.842. The Morgan fingerprint density at radius 2 is 1.65 bits per heavy atom. The highest BCUT2D eigenvalue weighted by molar-refractivity contribution is 5.75. The molecule has 0 rings (SSSR count). The van der Waals surface area contributed by atoms with Crippen molar-refractivity contribution in [3.05, 3.63) is 12.2 Å². The SMILES string of the molecule is CC/C=C/CCCC(=O)NCN(C)CCCCCCCCCO. The summed E-state index contributed by atoms with van der Waals surface area (Å²) >= 11 is 0. The van der Waals surface area contributed by atoms with Crippen molar-refractivity contribution in [3.63, 3.8) is 0 Å². The minimum atomic E-state index is 0.158. The van der Waals surface area contributed by atoms with Gasteiger partial charge in [-0.05, 0) is 45.7 Å². The van der Waals surface area contributed by atoms with Gasteiger partial charge in [-0.2, -0.15) is 0 Å². The van der Waals surface area contributed by atoms with Crippen LogP contribution in [0.2, 0.25) is 0 Å². The average molecular weight is 327 g/mol. The van der Waals surface area contributed by atoms with Crippen molar-refractivity contribution in [3.8, 4) is 0 Å². The van der Waals surface area contributed by atoms with E-state index in [4.69, 9.17) is 5.11 Å². The Bertz CT molecular complexity index is 293. The number of rotatable bonds is 16. The lowest BCUT2D eigenvalue weighted by atomic mass is 10.1. The predicted molar refractivity (Wildman–Crippen MR) is 98.3 cm³/mol. The van der Waals surface area contributed by atoms with Gasteiger partial charge < -0.3 is 10.4 Å². The van der Waals surface area contributed by atoms with E-state index in [1.165, 1.54) is 32.1 Å². The number of unbranched alkanes of at least 4 members (excludes halogenated alkanes) is 7. The summed E-state index contributed by atoms with van der Waals surface area (Å²) in [7, 11) is 2.06. The van der Waals surface area contributed by atoms with Crippen molar-refractivity contribution in [2.24, 2.45) is 0 Å². The zero-order chi connectivity index (χ0) is 17.2. The summed E-state index contributed by atoms with van der Waals surface area (Å²) in [6.45, 7) is 4.14. The molecule has 1 amide bonds. The van der Waals surface area contributed by atoms with Gasteiger partial charge in [-0.15, -0.1) is 0 Å². The lowest BCUT2D eigenvalue weighted by Gasteiger charge is -2.17. The standard InChI is InChI=1S/C19H38N2O2/c1-3-4-5-9-12-15-19(23)20-18-21(2)16-13-10-7-6-8-11-14-17-22/h4-5,22H,3,6-18H2,1-2H3,(H,20,23)/b5-4+. The second-order valence-electron chi connectivity index (χ2n) is 6.31. The largest absolute Gasteiger partial charge is 0.396 e. The third-order valence-corrected chi connectivity index (χ3v) is 3.92. The Hall–Kier alpha value is -0.870. The molecular weight excluding hydrogens is 288 g/mol. The predicted octanol–water partition coefficient (Wildman–Crippen LogP) is 3.85. The smallest absolute Gasteiger partial charge is 0.221 e. The summed E-state index contributed by atoms with van der Waals surface area (Å²) in [6.07, 6.45) is 16.2. The van der Waals surface area contributed by atoms with Gasteiger partial charge in [-0.25, -0.2) is 0 Å². The third kappa shape index (κ3) is 17.3. The van der Waals surface area contributed by atoms with Crippen LogP contribution in [0.25, 0.3) is 0 Å². The molecule has 0 unspecified atom stereocenters.